The van der Waals surface area contributed by atoms with E-state index in [9.17, 15) is 24.3 Å². The number of rotatable bonds is 10. The first kappa shape index (κ1) is 56.9. The molecule has 11 rings (SSSR count). The Morgan fingerprint density at radius 2 is 1.13 bits per heavy atom. The van der Waals surface area contributed by atoms with Gasteiger partial charge in [-0.3, -0.25) is 19.2 Å². The smallest absolute Gasteiger partial charge is 0.309 e. The number of hydrogen-bond acceptors (Lipinski definition) is 9. The van der Waals surface area contributed by atoms with Crippen molar-refractivity contribution < 1.29 is 43.2 Å². The minimum Gasteiger partial charge on any atom is -0.459 e. The van der Waals surface area contributed by atoms with E-state index < -0.39 is 5.60 Å². The minimum atomic E-state index is -0.542. The molecule has 0 aromatic heterocycles. The van der Waals surface area contributed by atoms with Crippen LogP contribution in [0.25, 0.3) is 0 Å². The van der Waals surface area contributed by atoms with Gasteiger partial charge < -0.3 is 24.1 Å². The highest BCUT2D eigenvalue weighted by Crippen LogP contribution is 2.64. The SMILES string of the molecule is C.C.C.C.C.C.CCC(C)C(=O)OC(C)(C)C12CC3CC(CC(C3)C1)C2.CCC(C)C(=O)OC12CC3CC(CC(O)(C3)C1)C2.CCC(C)C(=O)OC1C2CC3C(=O)OC1C3C2. The molecule has 10 bridgehead atoms. The Balaban J connectivity index is 0.000000437. The molecule has 11 aliphatic rings. The molecule has 10 saturated carbocycles. The fraction of sp³-hybridized carbons (Fsp3) is 0.923. The summed E-state index contributed by atoms with van der Waals surface area (Å²) >= 11 is 0. The second-order valence-electron chi connectivity index (χ2n) is 21.2. The Kier molecular flexibility index (Phi) is 19.8. The van der Waals surface area contributed by atoms with Gasteiger partial charge in [0.2, 0.25) is 0 Å². The molecule has 0 aromatic rings. The molecule has 10 aliphatic carbocycles. The number of aliphatic hydroxyl groups is 1. The molecule has 0 radical (unpaired) electrons. The normalized spacial score (nSPS) is 39.4. The highest BCUT2D eigenvalue weighted by atomic mass is 16.6. The molecular weight excluding hydrogens is 769 g/mol. The van der Waals surface area contributed by atoms with Crippen molar-refractivity contribution >= 4 is 23.9 Å². The molecular formula is C52H96O9. The number of carbonyl (C=O) groups excluding carboxylic acids is 4. The van der Waals surface area contributed by atoms with E-state index in [2.05, 4.69) is 20.8 Å². The zero-order valence-corrected chi connectivity index (χ0v) is 35.2. The summed E-state index contributed by atoms with van der Waals surface area (Å²) < 4.78 is 22.8. The van der Waals surface area contributed by atoms with Crippen LogP contribution < -0.4 is 0 Å². The van der Waals surface area contributed by atoms with Crippen LogP contribution in [-0.4, -0.2) is 58.0 Å². The third-order valence-electron chi connectivity index (χ3n) is 16.7. The van der Waals surface area contributed by atoms with Crippen LogP contribution in [0.3, 0.4) is 0 Å². The van der Waals surface area contributed by atoms with Crippen LogP contribution >= 0.6 is 0 Å². The van der Waals surface area contributed by atoms with Gasteiger partial charge in [0, 0.05) is 23.7 Å². The monoisotopic (exact) mass is 865 g/mol. The maximum atomic E-state index is 12.3. The second kappa shape index (κ2) is 21.2. The van der Waals surface area contributed by atoms with Crippen LogP contribution in [0.15, 0.2) is 0 Å². The first-order chi connectivity index (χ1) is 25.9. The number of ether oxygens (including phenoxy) is 4. The van der Waals surface area contributed by atoms with E-state index in [1.54, 1.807) is 0 Å². The molecule has 1 N–H and O–H groups in total. The van der Waals surface area contributed by atoms with Crippen LogP contribution in [-0.2, 0) is 38.1 Å². The van der Waals surface area contributed by atoms with Crippen LogP contribution in [0.5, 0.6) is 0 Å². The average Bonchev–Trinajstić information content (AvgIpc) is 3.74. The van der Waals surface area contributed by atoms with Gasteiger partial charge in [0.25, 0.3) is 0 Å². The van der Waals surface area contributed by atoms with Gasteiger partial charge in [-0.05, 0) is 146 Å². The van der Waals surface area contributed by atoms with Crippen LogP contribution in [0.2, 0.25) is 0 Å². The van der Waals surface area contributed by atoms with Crippen molar-refractivity contribution in [1.29, 1.82) is 0 Å². The summed E-state index contributed by atoms with van der Waals surface area (Å²) in [6.45, 7) is 16.2. The lowest BCUT2D eigenvalue weighted by Gasteiger charge is -2.61. The predicted octanol–water partition coefficient (Wildman–Crippen LogP) is 12.6. The number of hydrogen-bond donors (Lipinski definition) is 1. The standard InChI is InChI=1S/C18H30O2.C15H24O3.C13H18O4.6CH4/c1-5-12(2)16(19)20-17(3,4)18-9-13-6-14(10-18)8-15(7-13)11-18;1-3-10(2)13(16)18-15-7-11-4-12(8-15)6-14(17,5-11)9-15;1-3-6(2)12(14)16-10-7-4-8-9(5-7)13(15)17-11(8)10;;;;;;/h12-15H,5-11H2,1-4H3;10-12,17H,3-9H2,1-2H3;6-11H,3-5H2,1-2H3;6*1H4. The number of carbonyl (C=O) groups is 4. The predicted molar refractivity (Wildman–Crippen MR) is 247 cm³/mol. The largest absolute Gasteiger partial charge is 0.459 e. The summed E-state index contributed by atoms with van der Waals surface area (Å²) in [7, 11) is 0. The summed E-state index contributed by atoms with van der Waals surface area (Å²) in [6, 6.07) is 0. The molecule has 9 heteroatoms. The van der Waals surface area contributed by atoms with Gasteiger partial charge >= 0.3 is 23.9 Å². The molecule has 1 saturated heterocycles. The van der Waals surface area contributed by atoms with Crippen molar-refractivity contribution in [3.05, 3.63) is 0 Å². The van der Waals surface area contributed by atoms with E-state index in [1.165, 1.54) is 44.9 Å². The van der Waals surface area contributed by atoms with Gasteiger partial charge in [-0.1, -0.05) is 86.1 Å². The summed E-state index contributed by atoms with van der Waals surface area (Å²) in [6.07, 6.45) is 17.9. The molecule has 11 fully saturated rings. The average molecular weight is 865 g/mol. The molecule has 1 heterocycles. The van der Waals surface area contributed by atoms with E-state index in [4.69, 9.17) is 18.9 Å². The van der Waals surface area contributed by atoms with E-state index in [-0.39, 0.29) is 121 Å². The van der Waals surface area contributed by atoms with E-state index in [0.29, 0.717) is 30.1 Å². The topological polar surface area (TPSA) is 125 Å². The number of esters is 4. The van der Waals surface area contributed by atoms with Gasteiger partial charge in [0.1, 0.15) is 23.4 Å². The van der Waals surface area contributed by atoms with Crippen molar-refractivity contribution in [2.75, 3.05) is 0 Å². The molecule has 0 aromatic carbocycles. The maximum absolute atomic E-state index is 12.3. The van der Waals surface area contributed by atoms with Gasteiger partial charge in [-0.2, -0.15) is 0 Å². The summed E-state index contributed by atoms with van der Waals surface area (Å²) in [5.74, 6) is 4.25. The van der Waals surface area contributed by atoms with E-state index in [0.717, 1.165) is 75.5 Å². The lowest BCUT2D eigenvalue weighted by molar-refractivity contribution is -0.222. The third-order valence-corrected chi connectivity index (χ3v) is 16.7. The van der Waals surface area contributed by atoms with E-state index in [1.807, 2.05) is 34.6 Å². The molecule has 61 heavy (non-hydrogen) atoms. The van der Waals surface area contributed by atoms with Crippen molar-refractivity contribution in [3.8, 4) is 0 Å². The lowest BCUT2D eigenvalue weighted by Crippen LogP contribution is -2.60. The summed E-state index contributed by atoms with van der Waals surface area (Å²) in [5, 5.41) is 10.6. The maximum Gasteiger partial charge on any atom is 0.309 e. The minimum absolute atomic E-state index is 0. The molecule has 9 nitrogen and oxygen atoms in total. The lowest BCUT2D eigenvalue weighted by atomic mass is 9.46. The molecule has 358 valence electrons. The molecule has 0 spiro atoms. The van der Waals surface area contributed by atoms with Crippen molar-refractivity contribution in [3.63, 3.8) is 0 Å². The quantitative estimate of drug-likeness (QED) is 0.169. The Morgan fingerprint density at radius 1 is 0.672 bits per heavy atom. The van der Waals surface area contributed by atoms with Gasteiger partial charge in [0.05, 0.1) is 29.3 Å². The van der Waals surface area contributed by atoms with Crippen molar-refractivity contribution in [1.82, 2.24) is 0 Å². The zero-order chi connectivity index (χ0) is 39.7. The first-order valence-electron chi connectivity index (χ1n) is 22.5. The first-order valence-corrected chi connectivity index (χ1v) is 22.5. The fourth-order valence-corrected chi connectivity index (χ4v) is 13.7. The second-order valence-corrected chi connectivity index (χ2v) is 21.2. The Labute approximate surface area is 374 Å². The van der Waals surface area contributed by atoms with Gasteiger partial charge in [0.15, 0.2) is 0 Å². The highest BCUT2D eigenvalue weighted by molar-refractivity contribution is 5.77. The fourth-order valence-electron chi connectivity index (χ4n) is 13.7. The highest BCUT2D eigenvalue weighted by Gasteiger charge is 2.64. The molecule has 10 unspecified atom stereocenters. The number of fused-ring (bicyclic) bond motifs is 1. The molecule has 0 amide bonds. The van der Waals surface area contributed by atoms with Crippen molar-refractivity contribution in [2.24, 2.45) is 70.5 Å². The third kappa shape index (κ3) is 11.0. The van der Waals surface area contributed by atoms with Crippen LogP contribution in [0.1, 0.15) is 209 Å². The Morgan fingerprint density at radius 3 is 1.61 bits per heavy atom. The van der Waals surface area contributed by atoms with Crippen LogP contribution in [0, 0.1) is 70.5 Å². The van der Waals surface area contributed by atoms with Gasteiger partial charge in [-0.15, -0.1) is 0 Å². The zero-order valence-electron chi connectivity index (χ0n) is 35.2. The molecule has 10 atom stereocenters. The van der Waals surface area contributed by atoms with Crippen molar-refractivity contribution in [2.45, 2.75) is 238 Å². The Hall–Kier alpha value is -2.16. The van der Waals surface area contributed by atoms with Crippen LogP contribution in [0.4, 0.5) is 0 Å². The molecule has 1 aliphatic heterocycles. The van der Waals surface area contributed by atoms with Gasteiger partial charge in [-0.25, -0.2) is 0 Å². The van der Waals surface area contributed by atoms with E-state index >= 15 is 0 Å². The summed E-state index contributed by atoms with van der Waals surface area (Å²) in [4.78, 5) is 47.7. The Bertz CT molecular complexity index is 1420. The summed E-state index contributed by atoms with van der Waals surface area (Å²) in [5.41, 5.74) is -0.895.